The predicted molar refractivity (Wildman–Crippen MR) is 134 cm³/mol. The SMILES string of the molecule is Ic1ccc(Oc2ccc([SH]3c4ccccc4-c4ccccc43)cc2)c(I)c1. The second-order valence-electron chi connectivity index (χ2n) is 6.54. The molecule has 0 bridgehead atoms. The van der Waals surface area contributed by atoms with Crippen molar-refractivity contribution in [2.75, 3.05) is 0 Å². The zero-order chi connectivity index (χ0) is 19.1. The molecule has 0 fully saturated rings. The first kappa shape index (κ1) is 18.5. The maximum Gasteiger partial charge on any atom is 0.140 e. The van der Waals surface area contributed by atoms with E-state index in [2.05, 4.69) is 130 Å². The summed E-state index contributed by atoms with van der Waals surface area (Å²) < 4.78 is 8.45. The Balaban J connectivity index is 1.49. The first-order valence-electron chi connectivity index (χ1n) is 8.92. The number of benzene rings is 4. The Morgan fingerprint density at radius 1 is 0.643 bits per heavy atom. The molecule has 4 heteroatoms. The molecule has 0 spiro atoms. The molecule has 4 aromatic carbocycles. The lowest BCUT2D eigenvalue weighted by Gasteiger charge is -2.19. The summed E-state index contributed by atoms with van der Waals surface area (Å²) in [5, 5.41) is 0. The minimum absolute atomic E-state index is 0.512. The normalized spacial score (nSPS) is 13.1. The van der Waals surface area contributed by atoms with Crippen LogP contribution in [0.4, 0.5) is 0 Å². The summed E-state index contributed by atoms with van der Waals surface area (Å²) in [6.45, 7) is 0. The molecule has 0 aliphatic carbocycles. The van der Waals surface area contributed by atoms with Crippen LogP contribution in [0.15, 0.2) is 106 Å². The van der Waals surface area contributed by atoms with Crippen LogP contribution < -0.4 is 4.74 Å². The average Bonchev–Trinajstić information content (AvgIpc) is 3.05. The number of hydrogen-bond donors (Lipinski definition) is 1. The van der Waals surface area contributed by atoms with Crippen molar-refractivity contribution in [2.45, 2.75) is 14.7 Å². The van der Waals surface area contributed by atoms with Crippen LogP contribution in [0.5, 0.6) is 11.5 Å². The zero-order valence-corrected chi connectivity index (χ0v) is 20.0. The lowest BCUT2D eigenvalue weighted by atomic mass is 10.1. The van der Waals surface area contributed by atoms with Crippen molar-refractivity contribution in [3.05, 3.63) is 98.1 Å². The van der Waals surface area contributed by atoms with Crippen molar-refractivity contribution in [1.82, 2.24) is 0 Å². The Morgan fingerprint density at radius 2 is 1.25 bits per heavy atom. The van der Waals surface area contributed by atoms with E-state index in [0.717, 1.165) is 15.1 Å². The minimum Gasteiger partial charge on any atom is -0.456 e. The molecule has 0 unspecified atom stereocenters. The van der Waals surface area contributed by atoms with Crippen LogP contribution in [-0.4, -0.2) is 0 Å². The Hall–Kier alpha value is -1.51. The largest absolute Gasteiger partial charge is 0.456 e. The third kappa shape index (κ3) is 3.35. The smallest absolute Gasteiger partial charge is 0.140 e. The molecule has 1 heterocycles. The van der Waals surface area contributed by atoms with Gasteiger partial charge in [0.15, 0.2) is 0 Å². The highest BCUT2D eigenvalue weighted by atomic mass is 127. The average molecular weight is 606 g/mol. The van der Waals surface area contributed by atoms with E-state index < -0.39 is 10.9 Å². The van der Waals surface area contributed by atoms with Crippen LogP contribution >= 0.6 is 56.1 Å². The van der Waals surface area contributed by atoms with Gasteiger partial charge in [0.1, 0.15) is 11.5 Å². The predicted octanol–water partition coefficient (Wildman–Crippen LogP) is 8.15. The molecule has 0 atom stereocenters. The number of halogens is 2. The highest BCUT2D eigenvalue weighted by molar-refractivity contribution is 14.1. The maximum absolute atomic E-state index is 6.12. The summed E-state index contributed by atoms with van der Waals surface area (Å²) in [6.07, 6.45) is 0. The number of thiol groups is 1. The molecule has 0 amide bonds. The van der Waals surface area contributed by atoms with Gasteiger partial charge in [-0.3, -0.25) is 0 Å². The van der Waals surface area contributed by atoms with Crippen molar-refractivity contribution in [3.63, 3.8) is 0 Å². The van der Waals surface area contributed by atoms with Crippen LogP contribution in [0.1, 0.15) is 0 Å². The number of hydrogen-bond acceptors (Lipinski definition) is 1. The van der Waals surface area contributed by atoms with E-state index >= 15 is 0 Å². The Morgan fingerprint density at radius 3 is 1.86 bits per heavy atom. The Labute approximate surface area is 194 Å². The van der Waals surface area contributed by atoms with Crippen LogP contribution in [0.3, 0.4) is 0 Å². The molecule has 0 N–H and O–H groups in total. The first-order valence-corrected chi connectivity index (χ1v) is 12.4. The fourth-order valence-corrected chi connectivity index (χ4v) is 7.87. The second-order valence-corrected chi connectivity index (χ2v) is 11.1. The van der Waals surface area contributed by atoms with Gasteiger partial charge in [0.25, 0.3) is 0 Å². The summed E-state index contributed by atoms with van der Waals surface area (Å²) in [4.78, 5) is 4.25. The molecule has 0 saturated carbocycles. The van der Waals surface area contributed by atoms with Gasteiger partial charge in [-0.2, -0.15) is 10.9 Å². The molecule has 1 aliphatic heterocycles. The molecule has 0 saturated heterocycles. The third-order valence-electron chi connectivity index (χ3n) is 4.80. The Bertz CT molecular complexity index is 1130. The second kappa shape index (κ2) is 7.72. The van der Waals surface area contributed by atoms with Gasteiger partial charge >= 0.3 is 0 Å². The van der Waals surface area contributed by atoms with Crippen LogP contribution in [0, 0.1) is 7.14 Å². The van der Waals surface area contributed by atoms with Crippen LogP contribution in [0.2, 0.25) is 0 Å². The van der Waals surface area contributed by atoms with Gasteiger partial charge in [-0.05, 0) is 116 Å². The van der Waals surface area contributed by atoms with Gasteiger partial charge in [0.05, 0.1) is 3.57 Å². The van der Waals surface area contributed by atoms with Crippen molar-refractivity contribution >= 4 is 56.1 Å². The summed E-state index contributed by atoms with van der Waals surface area (Å²) in [7, 11) is -0.512. The first-order chi connectivity index (χ1) is 13.7. The lowest BCUT2D eigenvalue weighted by Crippen LogP contribution is -1.89. The molecular weight excluding hydrogens is 590 g/mol. The van der Waals surface area contributed by atoms with Crippen molar-refractivity contribution < 1.29 is 4.74 Å². The fraction of sp³-hybridized carbons (Fsp3) is 0. The molecule has 5 rings (SSSR count). The number of rotatable bonds is 3. The van der Waals surface area contributed by atoms with Crippen LogP contribution in [-0.2, 0) is 0 Å². The van der Waals surface area contributed by atoms with Gasteiger partial charge in [-0.15, -0.1) is 0 Å². The van der Waals surface area contributed by atoms with Crippen molar-refractivity contribution in [1.29, 1.82) is 0 Å². The molecule has 4 aromatic rings. The van der Waals surface area contributed by atoms with Gasteiger partial charge in [0.2, 0.25) is 0 Å². The van der Waals surface area contributed by atoms with E-state index in [9.17, 15) is 0 Å². The summed E-state index contributed by atoms with van der Waals surface area (Å²) in [5.41, 5.74) is 2.75. The molecular formula is C24H16I2OS. The highest BCUT2D eigenvalue weighted by Crippen LogP contribution is 2.62. The van der Waals surface area contributed by atoms with Gasteiger partial charge in [-0.1, -0.05) is 36.4 Å². The quantitative estimate of drug-likeness (QED) is 0.161. The standard InChI is InChI=1S/C24H16I2OS/c25-16-9-14-22(21(26)15-16)27-17-10-12-18(13-11-17)28-23-7-3-1-5-19(23)20-6-2-4-8-24(20)28/h1-15,28H. The molecule has 1 aliphatic rings. The zero-order valence-electron chi connectivity index (χ0n) is 14.8. The monoisotopic (exact) mass is 606 g/mol. The number of fused-ring (bicyclic) bond motifs is 3. The van der Waals surface area contributed by atoms with E-state index in [4.69, 9.17) is 4.74 Å². The third-order valence-corrected chi connectivity index (χ3v) is 8.87. The van der Waals surface area contributed by atoms with E-state index in [1.807, 2.05) is 6.07 Å². The van der Waals surface area contributed by atoms with Crippen molar-refractivity contribution in [2.24, 2.45) is 0 Å². The van der Waals surface area contributed by atoms with E-state index in [1.165, 1.54) is 29.4 Å². The van der Waals surface area contributed by atoms with Crippen LogP contribution in [0.25, 0.3) is 11.1 Å². The fourth-order valence-electron chi connectivity index (χ4n) is 3.55. The summed E-state index contributed by atoms with van der Waals surface area (Å²) >= 11 is 4.65. The highest BCUT2D eigenvalue weighted by Gasteiger charge is 2.26. The van der Waals surface area contributed by atoms with E-state index in [1.54, 1.807) is 0 Å². The molecule has 0 aromatic heterocycles. The molecule has 28 heavy (non-hydrogen) atoms. The van der Waals surface area contributed by atoms with Gasteiger partial charge < -0.3 is 4.74 Å². The van der Waals surface area contributed by atoms with E-state index in [-0.39, 0.29) is 0 Å². The minimum atomic E-state index is -0.512. The van der Waals surface area contributed by atoms with Gasteiger partial charge in [0, 0.05) is 13.4 Å². The summed E-state index contributed by atoms with van der Waals surface area (Å²) in [6, 6.07) is 32.5. The molecule has 138 valence electrons. The van der Waals surface area contributed by atoms with Crippen molar-refractivity contribution in [3.8, 4) is 22.6 Å². The molecule has 1 nitrogen and oxygen atoms in total. The van der Waals surface area contributed by atoms with Gasteiger partial charge in [-0.25, -0.2) is 0 Å². The Kier molecular flexibility index (Phi) is 5.11. The van der Waals surface area contributed by atoms with E-state index in [0.29, 0.717) is 0 Å². The number of ether oxygens (including phenoxy) is 1. The molecule has 0 radical (unpaired) electrons. The summed E-state index contributed by atoms with van der Waals surface area (Å²) in [5.74, 6) is 1.77. The maximum atomic E-state index is 6.12. The topological polar surface area (TPSA) is 9.23 Å². The lowest BCUT2D eigenvalue weighted by molar-refractivity contribution is 0.478.